The third-order valence-corrected chi connectivity index (χ3v) is 7.41. The molecule has 2 aromatic carbocycles. The highest BCUT2D eigenvalue weighted by Gasteiger charge is 2.41. The molecule has 1 saturated heterocycles. The van der Waals surface area contributed by atoms with Crippen molar-refractivity contribution in [3.05, 3.63) is 59.7 Å². The molecule has 4 rings (SSSR count). The van der Waals surface area contributed by atoms with Gasteiger partial charge >= 0.3 is 0 Å². The number of carbonyl (C=O) groups is 1. The van der Waals surface area contributed by atoms with Gasteiger partial charge in [0.05, 0.1) is 12.0 Å². The van der Waals surface area contributed by atoms with Crippen LogP contribution in [0.2, 0.25) is 0 Å². The van der Waals surface area contributed by atoms with Crippen molar-refractivity contribution in [3.63, 3.8) is 0 Å². The smallest absolute Gasteiger partial charge is 0.235 e. The first kappa shape index (κ1) is 23.8. The minimum absolute atomic E-state index is 0.124. The predicted octanol–water partition coefficient (Wildman–Crippen LogP) is 6.48. The van der Waals surface area contributed by atoms with E-state index in [2.05, 4.69) is 41.4 Å². The second kappa shape index (κ2) is 11.7. The molecule has 1 heterocycles. The summed E-state index contributed by atoms with van der Waals surface area (Å²) in [6, 6.07) is 16.4. The molecule has 33 heavy (non-hydrogen) atoms. The topological polar surface area (TPSA) is 41.6 Å². The van der Waals surface area contributed by atoms with E-state index in [0.717, 1.165) is 62.3 Å². The second-order valence-electron chi connectivity index (χ2n) is 9.95. The molecule has 1 aliphatic carbocycles. The van der Waals surface area contributed by atoms with Crippen LogP contribution in [-0.2, 0) is 10.2 Å². The molecule has 2 aliphatic rings. The number of anilines is 1. The molecule has 0 aromatic heterocycles. The van der Waals surface area contributed by atoms with Crippen molar-refractivity contribution >= 4 is 11.6 Å². The number of nitrogens with zero attached hydrogens (tertiary/aromatic N) is 1. The second-order valence-corrected chi connectivity index (χ2v) is 9.95. The van der Waals surface area contributed by atoms with Gasteiger partial charge in [-0.2, -0.15) is 0 Å². The van der Waals surface area contributed by atoms with Crippen LogP contribution in [0.15, 0.2) is 48.5 Å². The Hall–Kier alpha value is -2.33. The number of hydrogen-bond acceptors (Lipinski definition) is 3. The average Bonchev–Trinajstić information content (AvgIpc) is 3.12. The van der Waals surface area contributed by atoms with Gasteiger partial charge in [-0.3, -0.25) is 4.79 Å². The largest absolute Gasteiger partial charge is 0.494 e. The standard InChI is InChI=1S/C29H40N2O2/c1-24-11-9-12-25(23-24)29(17-5-4-6-18-29)28(32)30-26-13-15-27(16-14-26)33-22-10-21-31-19-7-2-3-8-20-31/h9,11-16,23H,2-8,10,17-22H2,1H3,(H,30,32). The maximum absolute atomic E-state index is 13.5. The summed E-state index contributed by atoms with van der Waals surface area (Å²) in [7, 11) is 0. The van der Waals surface area contributed by atoms with Crippen LogP contribution in [0.3, 0.4) is 0 Å². The fourth-order valence-corrected chi connectivity index (χ4v) is 5.47. The molecule has 1 aliphatic heterocycles. The minimum atomic E-state index is -0.424. The maximum atomic E-state index is 13.5. The summed E-state index contributed by atoms with van der Waals surface area (Å²) in [5.74, 6) is 0.994. The van der Waals surface area contributed by atoms with Crippen LogP contribution in [0.1, 0.15) is 75.3 Å². The van der Waals surface area contributed by atoms with E-state index < -0.39 is 5.41 Å². The summed E-state index contributed by atoms with van der Waals surface area (Å²) in [6.45, 7) is 6.43. The zero-order valence-corrected chi connectivity index (χ0v) is 20.3. The summed E-state index contributed by atoms with van der Waals surface area (Å²) in [4.78, 5) is 16.1. The maximum Gasteiger partial charge on any atom is 0.235 e. The van der Waals surface area contributed by atoms with Gasteiger partial charge in [-0.15, -0.1) is 0 Å². The van der Waals surface area contributed by atoms with Crippen molar-refractivity contribution < 1.29 is 9.53 Å². The lowest BCUT2D eigenvalue weighted by molar-refractivity contribution is -0.122. The van der Waals surface area contributed by atoms with E-state index in [9.17, 15) is 4.79 Å². The van der Waals surface area contributed by atoms with Crippen LogP contribution in [0.4, 0.5) is 5.69 Å². The quantitative estimate of drug-likeness (QED) is 0.470. The lowest BCUT2D eigenvalue weighted by Crippen LogP contribution is -2.42. The lowest BCUT2D eigenvalue weighted by Gasteiger charge is -2.36. The first-order valence-electron chi connectivity index (χ1n) is 13.0. The molecular formula is C29H40N2O2. The number of nitrogens with one attached hydrogen (secondary N) is 1. The van der Waals surface area contributed by atoms with Crippen molar-refractivity contribution in [1.29, 1.82) is 0 Å². The molecule has 178 valence electrons. The fourth-order valence-electron chi connectivity index (χ4n) is 5.47. The Morgan fingerprint density at radius 1 is 0.939 bits per heavy atom. The highest BCUT2D eigenvalue weighted by molar-refractivity contribution is 5.99. The molecule has 0 atom stereocenters. The Morgan fingerprint density at radius 3 is 2.33 bits per heavy atom. The van der Waals surface area contributed by atoms with Crippen LogP contribution in [0.25, 0.3) is 0 Å². The van der Waals surface area contributed by atoms with Crippen LogP contribution < -0.4 is 10.1 Å². The molecule has 0 unspecified atom stereocenters. The molecule has 4 nitrogen and oxygen atoms in total. The van der Waals surface area contributed by atoms with Gasteiger partial charge in [0.15, 0.2) is 0 Å². The summed E-state index contributed by atoms with van der Waals surface area (Å²) in [6.07, 6.45) is 11.7. The lowest BCUT2D eigenvalue weighted by atomic mass is 9.68. The molecule has 0 spiro atoms. The zero-order valence-electron chi connectivity index (χ0n) is 20.3. The van der Waals surface area contributed by atoms with Gasteiger partial charge in [0.1, 0.15) is 5.75 Å². The number of hydrogen-bond donors (Lipinski definition) is 1. The number of likely N-dealkylation sites (tertiary alicyclic amines) is 1. The molecule has 1 saturated carbocycles. The van der Waals surface area contributed by atoms with E-state index in [1.807, 2.05) is 24.3 Å². The Kier molecular flexibility index (Phi) is 8.44. The summed E-state index contributed by atoms with van der Waals surface area (Å²) in [5.41, 5.74) is 2.79. The molecule has 0 bridgehead atoms. The minimum Gasteiger partial charge on any atom is -0.494 e. The van der Waals surface area contributed by atoms with Gasteiger partial charge in [0.2, 0.25) is 5.91 Å². The Bertz CT molecular complexity index is 879. The normalized spacial score (nSPS) is 18.9. The Balaban J connectivity index is 1.31. The average molecular weight is 449 g/mol. The SMILES string of the molecule is Cc1cccc(C2(C(=O)Nc3ccc(OCCCN4CCCCCC4)cc3)CCCCC2)c1. The van der Waals surface area contributed by atoms with Gasteiger partial charge in [-0.05, 0) is 81.9 Å². The molecule has 2 aromatic rings. The van der Waals surface area contributed by atoms with E-state index in [1.54, 1.807) is 0 Å². The van der Waals surface area contributed by atoms with Crippen molar-refractivity contribution in [3.8, 4) is 5.75 Å². The van der Waals surface area contributed by atoms with Gasteiger partial charge < -0.3 is 15.0 Å². The fraction of sp³-hybridized carbons (Fsp3) is 0.552. The highest BCUT2D eigenvalue weighted by atomic mass is 16.5. The number of aryl methyl sites for hydroxylation is 1. The molecule has 1 amide bonds. The summed E-state index contributed by atoms with van der Waals surface area (Å²) in [5, 5.41) is 3.21. The number of carbonyl (C=O) groups excluding carboxylic acids is 1. The van der Waals surface area contributed by atoms with E-state index in [0.29, 0.717) is 0 Å². The van der Waals surface area contributed by atoms with Crippen molar-refractivity contribution in [1.82, 2.24) is 4.90 Å². The van der Waals surface area contributed by atoms with Crippen LogP contribution >= 0.6 is 0 Å². The van der Waals surface area contributed by atoms with E-state index in [4.69, 9.17) is 4.74 Å². The van der Waals surface area contributed by atoms with Crippen molar-refractivity contribution in [2.24, 2.45) is 0 Å². The van der Waals surface area contributed by atoms with E-state index in [1.165, 1.54) is 50.8 Å². The molecular weight excluding hydrogens is 408 g/mol. The predicted molar refractivity (Wildman–Crippen MR) is 136 cm³/mol. The summed E-state index contributed by atoms with van der Waals surface area (Å²) < 4.78 is 5.97. The van der Waals surface area contributed by atoms with Gasteiger partial charge in [-0.1, -0.05) is 61.9 Å². The van der Waals surface area contributed by atoms with Crippen LogP contribution in [0.5, 0.6) is 5.75 Å². The highest BCUT2D eigenvalue weighted by Crippen LogP contribution is 2.40. The Morgan fingerprint density at radius 2 is 1.64 bits per heavy atom. The van der Waals surface area contributed by atoms with Crippen molar-refractivity contribution in [2.75, 3.05) is 31.6 Å². The van der Waals surface area contributed by atoms with Crippen LogP contribution in [0, 0.1) is 6.92 Å². The number of benzene rings is 2. The van der Waals surface area contributed by atoms with Crippen molar-refractivity contribution in [2.45, 2.75) is 76.5 Å². The van der Waals surface area contributed by atoms with Gasteiger partial charge in [0, 0.05) is 12.2 Å². The first-order valence-corrected chi connectivity index (χ1v) is 13.0. The third-order valence-electron chi connectivity index (χ3n) is 7.41. The number of rotatable bonds is 8. The summed E-state index contributed by atoms with van der Waals surface area (Å²) >= 11 is 0. The van der Waals surface area contributed by atoms with E-state index >= 15 is 0 Å². The monoisotopic (exact) mass is 448 g/mol. The van der Waals surface area contributed by atoms with E-state index in [-0.39, 0.29) is 5.91 Å². The van der Waals surface area contributed by atoms with Gasteiger partial charge in [-0.25, -0.2) is 0 Å². The Labute approximate surface area is 199 Å². The molecule has 0 radical (unpaired) electrons. The molecule has 4 heteroatoms. The molecule has 2 fully saturated rings. The third kappa shape index (κ3) is 6.38. The molecule has 1 N–H and O–H groups in total. The van der Waals surface area contributed by atoms with Crippen LogP contribution in [-0.4, -0.2) is 37.0 Å². The van der Waals surface area contributed by atoms with Gasteiger partial charge in [0.25, 0.3) is 0 Å². The first-order chi connectivity index (χ1) is 16.2. The number of ether oxygens (including phenoxy) is 1. The number of amides is 1. The zero-order chi connectivity index (χ0) is 22.9.